The normalized spacial score (nSPS) is 15.1. The second-order valence-corrected chi connectivity index (χ2v) is 3.96. The molecule has 3 nitrogen and oxygen atoms in total. The van der Waals surface area contributed by atoms with Gasteiger partial charge in [-0.1, -0.05) is 17.7 Å². The zero-order chi connectivity index (χ0) is 11.0. The van der Waals surface area contributed by atoms with Crippen LogP contribution in [0.2, 0.25) is 5.02 Å². The third-order valence-electron chi connectivity index (χ3n) is 2.53. The first-order valence-electron chi connectivity index (χ1n) is 4.70. The van der Waals surface area contributed by atoms with Gasteiger partial charge in [-0.25, -0.2) is 0 Å². The van der Waals surface area contributed by atoms with Crippen LogP contribution in [-0.2, 0) is 11.2 Å². The predicted octanol–water partition coefficient (Wildman–Crippen LogP) is 1.88. The molecule has 2 rings (SSSR count). The Labute approximate surface area is 92.6 Å². The summed E-state index contributed by atoms with van der Waals surface area (Å²) in [6.45, 7) is 1.86. The van der Waals surface area contributed by atoms with Crippen molar-refractivity contribution in [2.24, 2.45) is 0 Å². The predicted molar refractivity (Wildman–Crippen MR) is 56.9 cm³/mol. The minimum Gasteiger partial charge on any atom is -0.278 e. The number of halogens is 1. The fourth-order valence-corrected chi connectivity index (χ4v) is 1.92. The number of amides is 2. The van der Waals surface area contributed by atoms with Gasteiger partial charge in [-0.2, -0.15) is 0 Å². The van der Waals surface area contributed by atoms with Gasteiger partial charge in [-0.15, -0.1) is 0 Å². The summed E-state index contributed by atoms with van der Waals surface area (Å²) in [4.78, 5) is 24.3. The number of benzene rings is 1. The summed E-state index contributed by atoms with van der Waals surface area (Å²) in [5.41, 5.74) is 1.51. The van der Waals surface area contributed by atoms with E-state index in [1.54, 1.807) is 12.1 Å². The summed E-state index contributed by atoms with van der Waals surface area (Å²) >= 11 is 5.81. The van der Waals surface area contributed by atoms with Crippen LogP contribution in [0.25, 0.3) is 0 Å². The summed E-state index contributed by atoms with van der Waals surface area (Å²) in [6.07, 6.45) is 0.706. The molecule has 0 unspecified atom stereocenters. The van der Waals surface area contributed by atoms with Crippen molar-refractivity contribution in [2.45, 2.75) is 13.3 Å². The van der Waals surface area contributed by atoms with E-state index in [4.69, 9.17) is 11.6 Å². The molecule has 0 bridgehead atoms. The number of hydrogen-bond acceptors (Lipinski definition) is 2. The van der Waals surface area contributed by atoms with E-state index in [2.05, 4.69) is 0 Å². The van der Waals surface area contributed by atoms with Crippen molar-refractivity contribution in [2.75, 3.05) is 6.54 Å². The first kappa shape index (κ1) is 10.2. The van der Waals surface area contributed by atoms with Crippen LogP contribution in [0.5, 0.6) is 0 Å². The molecule has 0 spiro atoms. The average Bonchev–Trinajstić information content (AvgIpc) is 2.19. The lowest BCUT2D eigenvalue weighted by Gasteiger charge is -2.25. The molecule has 15 heavy (non-hydrogen) atoms. The van der Waals surface area contributed by atoms with Crippen molar-refractivity contribution < 1.29 is 9.59 Å². The molecule has 1 aliphatic heterocycles. The van der Waals surface area contributed by atoms with E-state index in [0.717, 1.165) is 5.56 Å². The molecule has 0 atom stereocenters. The van der Waals surface area contributed by atoms with Crippen LogP contribution in [0.3, 0.4) is 0 Å². The zero-order valence-electron chi connectivity index (χ0n) is 8.29. The Morgan fingerprint density at radius 3 is 2.87 bits per heavy atom. The number of fused-ring (bicyclic) bond motifs is 1. The third kappa shape index (κ3) is 1.75. The zero-order valence-corrected chi connectivity index (χ0v) is 9.04. The number of nitrogens with zero attached hydrogens (tertiary/aromatic N) is 1. The lowest BCUT2D eigenvalue weighted by atomic mass is 9.99. The minimum absolute atomic E-state index is 0.217. The summed E-state index contributed by atoms with van der Waals surface area (Å²) < 4.78 is 0. The van der Waals surface area contributed by atoms with Gasteiger partial charge >= 0.3 is 0 Å². The van der Waals surface area contributed by atoms with Crippen LogP contribution in [0.15, 0.2) is 18.2 Å². The average molecular weight is 224 g/mol. The summed E-state index contributed by atoms with van der Waals surface area (Å²) in [5.74, 6) is -0.461. The third-order valence-corrected chi connectivity index (χ3v) is 2.77. The molecule has 1 heterocycles. The number of imide groups is 1. The van der Waals surface area contributed by atoms with Crippen LogP contribution in [0.1, 0.15) is 22.8 Å². The molecule has 0 aliphatic carbocycles. The van der Waals surface area contributed by atoms with Crippen molar-refractivity contribution in [3.05, 3.63) is 34.3 Å². The lowest BCUT2D eigenvalue weighted by molar-refractivity contribution is -0.126. The first-order chi connectivity index (χ1) is 7.09. The van der Waals surface area contributed by atoms with Crippen LogP contribution in [-0.4, -0.2) is 23.3 Å². The second kappa shape index (κ2) is 3.66. The van der Waals surface area contributed by atoms with Crippen molar-refractivity contribution in [3.63, 3.8) is 0 Å². The summed E-state index contributed by atoms with van der Waals surface area (Å²) in [7, 11) is 0. The Bertz CT molecular complexity index is 442. The Morgan fingerprint density at radius 2 is 2.20 bits per heavy atom. The Hall–Kier alpha value is -1.35. The standard InChI is InChI=1S/C11H10ClNO2/c1-7(14)13-5-4-8-2-3-9(12)6-10(8)11(13)15/h2-3,6H,4-5H2,1H3. The molecule has 1 aromatic carbocycles. The highest BCUT2D eigenvalue weighted by molar-refractivity contribution is 6.31. The highest BCUT2D eigenvalue weighted by Gasteiger charge is 2.26. The van der Waals surface area contributed by atoms with Gasteiger partial charge in [0.05, 0.1) is 0 Å². The van der Waals surface area contributed by atoms with E-state index < -0.39 is 0 Å². The molecule has 2 amide bonds. The van der Waals surface area contributed by atoms with Crippen molar-refractivity contribution in [3.8, 4) is 0 Å². The molecule has 0 aromatic heterocycles. The molecule has 0 fully saturated rings. The number of hydrogen-bond donors (Lipinski definition) is 0. The Morgan fingerprint density at radius 1 is 1.47 bits per heavy atom. The van der Waals surface area contributed by atoms with Crippen LogP contribution >= 0.6 is 11.6 Å². The SMILES string of the molecule is CC(=O)N1CCc2ccc(Cl)cc2C1=O. The number of carbonyl (C=O) groups excluding carboxylic acids is 2. The van der Waals surface area contributed by atoms with Crippen LogP contribution < -0.4 is 0 Å². The smallest absolute Gasteiger partial charge is 0.260 e. The fourth-order valence-electron chi connectivity index (χ4n) is 1.75. The highest BCUT2D eigenvalue weighted by atomic mass is 35.5. The van der Waals surface area contributed by atoms with E-state index >= 15 is 0 Å². The molecule has 1 aliphatic rings. The molecule has 0 saturated heterocycles. The van der Waals surface area contributed by atoms with Gasteiger partial charge in [-0.3, -0.25) is 14.5 Å². The maximum atomic E-state index is 11.9. The Kier molecular flexibility index (Phi) is 2.49. The molecule has 1 aromatic rings. The summed E-state index contributed by atoms with van der Waals surface area (Å²) in [6, 6.07) is 5.22. The molecule has 0 radical (unpaired) electrons. The van der Waals surface area contributed by atoms with E-state index in [0.29, 0.717) is 23.6 Å². The molecule has 0 N–H and O–H groups in total. The van der Waals surface area contributed by atoms with Gasteiger partial charge in [0.25, 0.3) is 5.91 Å². The number of rotatable bonds is 0. The largest absolute Gasteiger partial charge is 0.278 e. The number of carbonyl (C=O) groups is 2. The molecular formula is C11H10ClNO2. The van der Waals surface area contributed by atoms with Gasteiger partial charge in [-0.05, 0) is 24.1 Å². The van der Waals surface area contributed by atoms with Gasteiger partial charge in [0.1, 0.15) is 0 Å². The van der Waals surface area contributed by atoms with Crippen molar-refractivity contribution in [1.82, 2.24) is 4.90 Å². The van der Waals surface area contributed by atoms with Gasteiger partial charge in [0.2, 0.25) is 5.91 Å². The maximum Gasteiger partial charge on any atom is 0.260 e. The van der Waals surface area contributed by atoms with E-state index in [9.17, 15) is 9.59 Å². The van der Waals surface area contributed by atoms with Gasteiger partial charge in [0.15, 0.2) is 0 Å². The second-order valence-electron chi connectivity index (χ2n) is 3.53. The fraction of sp³-hybridized carbons (Fsp3) is 0.273. The lowest BCUT2D eigenvalue weighted by Crippen LogP contribution is -2.40. The van der Waals surface area contributed by atoms with Crippen molar-refractivity contribution >= 4 is 23.4 Å². The topological polar surface area (TPSA) is 37.4 Å². The van der Waals surface area contributed by atoms with E-state index in [1.807, 2.05) is 6.07 Å². The molecule has 0 saturated carbocycles. The molecule has 78 valence electrons. The van der Waals surface area contributed by atoms with E-state index in [-0.39, 0.29) is 11.8 Å². The molecule has 4 heteroatoms. The first-order valence-corrected chi connectivity index (χ1v) is 5.08. The monoisotopic (exact) mass is 223 g/mol. The summed E-state index contributed by atoms with van der Waals surface area (Å²) in [5, 5.41) is 0.521. The van der Waals surface area contributed by atoms with E-state index in [1.165, 1.54) is 11.8 Å². The molecular weight excluding hydrogens is 214 g/mol. The van der Waals surface area contributed by atoms with Gasteiger partial charge in [0, 0.05) is 24.1 Å². The van der Waals surface area contributed by atoms with Crippen molar-refractivity contribution in [1.29, 1.82) is 0 Å². The maximum absolute atomic E-state index is 11.9. The quantitative estimate of drug-likeness (QED) is 0.674. The Balaban J connectivity index is 2.45. The van der Waals surface area contributed by atoms with Crippen LogP contribution in [0, 0.1) is 0 Å². The highest BCUT2D eigenvalue weighted by Crippen LogP contribution is 2.22. The minimum atomic E-state index is -0.244. The van der Waals surface area contributed by atoms with Crippen LogP contribution in [0.4, 0.5) is 0 Å². The van der Waals surface area contributed by atoms with Gasteiger partial charge < -0.3 is 0 Å².